The fraction of sp³-hybridized carbons (Fsp3) is 1.00. The van der Waals surface area contributed by atoms with E-state index in [-0.39, 0.29) is 0 Å². The first-order chi connectivity index (χ1) is 6.31. The van der Waals surface area contributed by atoms with E-state index in [1.54, 1.807) is 0 Å². The van der Waals surface area contributed by atoms with Gasteiger partial charge in [-0.15, -0.1) is 0 Å². The molecule has 2 fully saturated rings. The van der Waals surface area contributed by atoms with Gasteiger partial charge in [-0.1, -0.05) is 0 Å². The third kappa shape index (κ3) is 1.86. The van der Waals surface area contributed by atoms with Crippen molar-refractivity contribution in [2.75, 3.05) is 26.7 Å². The van der Waals surface area contributed by atoms with E-state index in [0.29, 0.717) is 12.6 Å². The topological polar surface area (TPSA) is 15.3 Å². The van der Waals surface area contributed by atoms with Crippen molar-refractivity contribution in [3.63, 3.8) is 0 Å². The average Bonchev–Trinajstić information content (AvgIpc) is 2.45. The first kappa shape index (κ1) is 9.41. The van der Waals surface area contributed by atoms with Crippen LogP contribution in [0, 0.1) is 5.92 Å². The molecule has 0 aromatic rings. The number of nitrogens with one attached hydrogen (secondary N) is 1. The van der Waals surface area contributed by atoms with E-state index in [0.717, 1.165) is 25.4 Å². The molecule has 3 unspecified atom stereocenters. The van der Waals surface area contributed by atoms with Crippen LogP contribution in [0.4, 0.5) is 4.39 Å². The highest BCUT2D eigenvalue weighted by molar-refractivity contribution is 4.93. The lowest BCUT2D eigenvalue weighted by molar-refractivity contribution is 0.0780. The van der Waals surface area contributed by atoms with Gasteiger partial charge in [0.05, 0.1) is 0 Å². The molecular formula is C10H19FN2. The molecule has 0 bridgehead atoms. The lowest BCUT2D eigenvalue weighted by Gasteiger charge is -2.42. The second kappa shape index (κ2) is 3.93. The minimum absolute atomic E-state index is 0.559. The molecule has 1 saturated carbocycles. The molecule has 0 radical (unpaired) electrons. The van der Waals surface area contributed by atoms with Gasteiger partial charge in [-0.25, -0.2) is 4.39 Å². The summed E-state index contributed by atoms with van der Waals surface area (Å²) in [5, 5.41) is 3.21. The van der Waals surface area contributed by atoms with Crippen LogP contribution in [0.5, 0.6) is 0 Å². The highest BCUT2D eigenvalue weighted by Gasteiger charge is 2.38. The standard InChI is InChI=1S/C10H19FN2/c1-12-6-8-2-3-10(8)13-5-4-9(11)7-13/h8-10,12H,2-7H2,1H3. The Morgan fingerprint density at radius 3 is 2.69 bits per heavy atom. The molecular weight excluding hydrogens is 167 g/mol. The van der Waals surface area contributed by atoms with Crippen molar-refractivity contribution in [3.8, 4) is 0 Å². The molecule has 13 heavy (non-hydrogen) atoms. The van der Waals surface area contributed by atoms with Gasteiger partial charge in [-0.05, 0) is 38.8 Å². The molecule has 1 aliphatic heterocycles. The van der Waals surface area contributed by atoms with Gasteiger partial charge in [0.15, 0.2) is 0 Å². The monoisotopic (exact) mass is 186 g/mol. The molecule has 0 amide bonds. The molecule has 0 aromatic carbocycles. The molecule has 0 aromatic heterocycles. The van der Waals surface area contributed by atoms with Crippen LogP contribution in [0.1, 0.15) is 19.3 Å². The van der Waals surface area contributed by atoms with Crippen molar-refractivity contribution >= 4 is 0 Å². The normalized spacial score (nSPS) is 40.6. The second-order valence-corrected chi connectivity index (χ2v) is 4.34. The van der Waals surface area contributed by atoms with Crippen LogP contribution in [-0.2, 0) is 0 Å². The van der Waals surface area contributed by atoms with Crippen molar-refractivity contribution in [2.24, 2.45) is 5.92 Å². The van der Waals surface area contributed by atoms with E-state index >= 15 is 0 Å². The first-order valence-electron chi connectivity index (χ1n) is 5.34. The van der Waals surface area contributed by atoms with Crippen LogP contribution in [0.2, 0.25) is 0 Å². The number of hydrogen-bond donors (Lipinski definition) is 1. The Morgan fingerprint density at radius 1 is 1.38 bits per heavy atom. The highest BCUT2D eigenvalue weighted by atomic mass is 19.1. The molecule has 1 heterocycles. The second-order valence-electron chi connectivity index (χ2n) is 4.34. The zero-order valence-corrected chi connectivity index (χ0v) is 8.30. The Kier molecular flexibility index (Phi) is 2.84. The smallest absolute Gasteiger partial charge is 0.114 e. The van der Waals surface area contributed by atoms with E-state index < -0.39 is 6.17 Å². The van der Waals surface area contributed by atoms with Gasteiger partial charge in [0, 0.05) is 19.1 Å². The molecule has 2 nitrogen and oxygen atoms in total. The summed E-state index contributed by atoms with van der Waals surface area (Å²) in [6.07, 6.45) is 2.79. The largest absolute Gasteiger partial charge is 0.319 e. The number of hydrogen-bond acceptors (Lipinski definition) is 2. The third-order valence-corrected chi connectivity index (χ3v) is 3.47. The summed E-state index contributed by atoms with van der Waals surface area (Å²) in [4.78, 5) is 2.34. The van der Waals surface area contributed by atoms with Gasteiger partial charge in [-0.2, -0.15) is 0 Å². The first-order valence-corrected chi connectivity index (χ1v) is 5.34. The molecule has 1 saturated heterocycles. The molecule has 2 rings (SSSR count). The third-order valence-electron chi connectivity index (χ3n) is 3.47. The summed E-state index contributed by atoms with van der Waals surface area (Å²) in [6.45, 7) is 2.76. The van der Waals surface area contributed by atoms with Crippen LogP contribution in [0.25, 0.3) is 0 Å². The zero-order chi connectivity index (χ0) is 9.26. The Hall–Kier alpha value is -0.150. The quantitative estimate of drug-likeness (QED) is 0.708. The molecule has 3 atom stereocenters. The summed E-state index contributed by atoms with van der Waals surface area (Å²) in [7, 11) is 2.00. The number of likely N-dealkylation sites (tertiary alicyclic amines) is 1. The van der Waals surface area contributed by atoms with Gasteiger partial charge in [-0.3, -0.25) is 4.90 Å². The van der Waals surface area contributed by atoms with E-state index in [4.69, 9.17) is 0 Å². The Balaban J connectivity index is 1.80. The molecule has 2 aliphatic rings. The van der Waals surface area contributed by atoms with Crippen molar-refractivity contribution < 1.29 is 4.39 Å². The summed E-state index contributed by atoms with van der Waals surface area (Å²) in [6, 6.07) is 0.674. The minimum Gasteiger partial charge on any atom is -0.319 e. The lowest BCUT2D eigenvalue weighted by Crippen LogP contribution is -2.49. The molecule has 3 heteroatoms. The maximum atomic E-state index is 13.0. The van der Waals surface area contributed by atoms with Crippen molar-refractivity contribution in [1.29, 1.82) is 0 Å². The summed E-state index contributed by atoms with van der Waals surface area (Å²) >= 11 is 0. The van der Waals surface area contributed by atoms with E-state index in [9.17, 15) is 4.39 Å². The number of halogens is 1. The van der Waals surface area contributed by atoms with E-state index in [2.05, 4.69) is 10.2 Å². The van der Waals surface area contributed by atoms with E-state index in [1.165, 1.54) is 12.8 Å². The fourth-order valence-corrected chi connectivity index (χ4v) is 2.58. The SMILES string of the molecule is CNCC1CCC1N1CCC(F)C1. The molecule has 1 aliphatic carbocycles. The van der Waals surface area contributed by atoms with Crippen LogP contribution in [-0.4, -0.2) is 43.8 Å². The Bertz CT molecular complexity index is 174. The van der Waals surface area contributed by atoms with Crippen molar-refractivity contribution in [2.45, 2.75) is 31.5 Å². The van der Waals surface area contributed by atoms with Crippen LogP contribution >= 0.6 is 0 Å². The summed E-state index contributed by atoms with van der Waals surface area (Å²) < 4.78 is 13.0. The van der Waals surface area contributed by atoms with Gasteiger partial charge in [0.1, 0.15) is 6.17 Å². The van der Waals surface area contributed by atoms with Crippen LogP contribution < -0.4 is 5.32 Å². The fourth-order valence-electron chi connectivity index (χ4n) is 2.58. The molecule has 1 N–H and O–H groups in total. The zero-order valence-electron chi connectivity index (χ0n) is 8.30. The predicted molar refractivity (Wildman–Crippen MR) is 51.5 cm³/mol. The van der Waals surface area contributed by atoms with Gasteiger partial charge in [0.2, 0.25) is 0 Å². The number of alkyl halides is 1. The van der Waals surface area contributed by atoms with Crippen molar-refractivity contribution in [3.05, 3.63) is 0 Å². The highest BCUT2D eigenvalue weighted by Crippen LogP contribution is 2.34. The van der Waals surface area contributed by atoms with Gasteiger partial charge < -0.3 is 5.32 Å². The minimum atomic E-state index is -0.559. The lowest BCUT2D eigenvalue weighted by atomic mass is 9.78. The number of rotatable bonds is 3. The Labute approximate surface area is 79.5 Å². The molecule has 0 spiro atoms. The average molecular weight is 186 g/mol. The van der Waals surface area contributed by atoms with E-state index in [1.807, 2.05) is 7.05 Å². The summed E-state index contributed by atoms with van der Waals surface area (Å²) in [5.41, 5.74) is 0. The van der Waals surface area contributed by atoms with Gasteiger partial charge >= 0.3 is 0 Å². The van der Waals surface area contributed by atoms with Crippen molar-refractivity contribution in [1.82, 2.24) is 10.2 Å². The molecule has 76 valence electrons. The maximum absolute atomic E-state index is 13.0. The Morgan fingerprint density at radius 2 is 2.23 bits per heavy atom. The van der Waals surface area contributed by atoms with Crippen LogP contribution in [0.3, 0.4) is 0 Å². The summed E-state index contributed by atoms with van der Waals surface area (Å²) in [5.74, 6) is 0.773. The van der Waals surface area contributed by atoms with Gasteiger partial charge in [0.25, 0.3) is 0 Å². The predicted octanol–water partition coefficient (Wildman–Crippen LogP) is 1.03. The number of nitrogens with zero attached hydrogens (tertiary/aromatic N) is 1. The maximum Gasteiger partial charge on any atom is 0.114 e. The van der Waals surface area contributed by atoms with Crippen LogP contribution in [0.15, 0.2) is 0 Å².